The highest BCUT2D eigenvalue weighted by molar-refractivity contribution is 5.73. The molecule has 1 aliphatic rings. The fourth-order valence-corrected chi connectivity index (χ4v) is 2.03. The van der Waals surface area contributed by atoms with E-state index in [1.54, 1.807) is 0 Å². The SMILES string of the molecule is CC(=O)NC1c2ccccc2CC1N. The molecule has 0 aliphatic heterocycles. The van der Waals surface area contributed by atoms with Gasteiger partial charge in [-0.3, -0.25) is 4.79 Å². The molecule has 3 nitrogen and oxygen atoms in total. The number of nitrogens with one attached hydrogen (secondary N) is 1. The average molecular weight is 190 g/mol. The zero-order valence-electron chi connectivity index (χ0n) is 8.16. The topological polar surface area (TPSA) is 55.1 Å². The molecule has 74 valence electrons. The van der Waals surface area contributed by atoms with Gasteiger partial charge in [-0.1, -0.05) is 24.3 Å². The molecule has 1 aliphatic carbocycles. The summed E-state index contributed by atoms with van der Waals surface area (Å²) in [6, 6.07) is 8.08. The van der Waals surface area contributed by atoms with Crippen LogP contribution in [0.1, 0.15) is 24.1 Å². The second kappa shape index (κ2) is 3.42. The van der Waals surface area contributed by atoms with E-state index < -0.39 is 0 Å². The maximum Gasteiger partial charge on any atom is 0.217 e. The van der Waals surface area contributed by atoms with Gasteiger partial charge >= 0.3 is 0 Å². The lowest BCUT2D eigenvalue weighted by atomic mass is 10.1. The third-order valence-corrected chi connectivity index (χ3v) is 2.63. The molecule has 2 atom stereocenters. The number of nitrogens with two attached hydrogens (primary N) is 1. The van der Waals surface area contributed by atoms with E-state index in [0.717, 1.165) is 12.0 Å². The van der Waals surface area contributed by atoms with Crippen LogP contribution in [0.25, 0.3) is 0 Å². The van der Waals surface area contributed by atoms with E-state index in [1.165, 1.54) is 12.5 Å². The highest BCUT2D eigenvalue weighted by Crippen LogP contribution is 2.29. The van der Waals surface area contributed by atoms with Crippen molar-refractivity contribution >= 4 is 5.91 Å². The van der Waals surface area contributed by atoms with Gasteiger partial charge in [0.1, 0.15) is 0 Å². The molecule has 2 rings (SSSR count). The quantitative estimate of drug-likeness (QED) is 0.686. The fraction of sp³-hybridized carbons (Fsp3) is 0.364. The van der Waals surface area contributed by atoms with Crippen LogP contribution in [0, 0.1) is 0 Å². The van der Waals surface area contributed by atoms with Crippen molar-refractivity contribution in [1.29, 1.82) is 0 Å². The molecular weight excluding hydrogens is 176 g/mol. The highest BCUT2D eigenvalue weighted by atomic mass is 16.1. The number of hydrogen-bond donors (Lipinski definition) is 2. The normalized spacial score (nSPS) is 24.4. The molecule has 0 heterocycles. The number of fused-ring (bicyclic) bond motifs is 1. The van der Waals surface area contributed by atoms with Gasteiger partial charge in [-0.2, -0.15) is 0 Å². The summed E-state index contributed by atoms with van der Waals surface area (Å²) in [7, 11) is 0. The summed E-state index contributed by atoms with van der Waals surface area (Å²) in [5.41, 5.74) is 8.37. The maximum absolute atomic E-state index is 11.0. The van der Waals surface area contributed by atoms with Gasteiger partial charge in [0.05, 0.1) is 6.04 Å². The molecule has 0 spiro atoms. The summed E-state index contributed by atoms with van der Waals surface area (Å²) in [6.45, 7) is 1.52. The lowest BCUT2D eigenvalue weighted by molar-refractivity contribution is -0.119. The van der Waals surface area contributed by atoms with E-state index in [-0.39, 0.29) is 18.0 Å². The Morgan fingerprint density at radius 2 is 2.21 bits per heavy atom. The Kier molecular flexibility index (Phi) is 2.25. The molecule has 3 heteroatoms. The van der Waals surface area contributed by atoms with Crippen molar-refractivity contribution in [2.75, 3.05) is 0 Å². The van der Waals surface area contributed by atoms with Gasteiger partial charge in [0.25, 0.3) is 0 Å². The second-order valence-corrected chi connectivity index (χ2v) is 3.74. The van der Waals surface area contributed by atoms with E-state index in [9.17, 15) is 4.79 Å². The first-order valence-corrected chi connectivity index (χ1v) is 4.79. The van der Waals surface area contributed by atoms with Crippen LogP contribution < -0.4 is 11.1 Å². The molecule has 1 aromatic carbocycles. The van der Waals surface area contributed by atoms with E-state index in [4.69, 9.17) is 5.73 Å². The zero-order valence-corrected chi connectivity index (χ0v) is 8.16. The van der Waals surface area contributed by atoms with Crippen LogP contribution >= 0.6 is 0 Å². The standard InChI is InChI=1S/C11H14N2O/c1-7(14)13-11-9-5-3-2-4-8(9)6-10(11)12/h2-5,10-11H,6,12H2,1H3,(H,13,14). The summed E-state index contributed by atoms with van der Waals surface area (Å²) >= 11 is 0. The molecule has 2 unspecified atom stereocenters. The van der Waals surface area contributed by atoms with E-state index in [2.05, 4.69) is 11.4 Å². The molecule has 1 aromatic rings. The summed E-state index contributed by atoms with van der Waals surface area (Å²) in [4.78, 5) is 11.0. The molecule has 0 saturated carbocycles. The molecule has 3 N–H and O–H groups in total. The molecule has 1 amide bonds. The van der Waals surface area contributed by atoms with Gasteiger partial charge < -0.3 is 11.1 Å². The van der Waals surface area contributed by atoms with Gasteiger partial charge in [-0.25, -0.2) is 0 Å². The first kappa shape index (κ1) is 9.21. The Hall–Kier alpha value is -1.35. The van der Waals surface area contributed by atoms with Crippen molar-refractivity contribution in [3.8, 4) is 0 Å². The number of hydrogen-bond acceptors (Lipinski definition) is 2. The van der Waals surface area contributed by atoms with Crippen LogP contribution in [-0.2, 0) is 11.2 Å². The zero-order chi connectivity index (χ0) is 10.1. The summed E-state index contributed by atoms with van der Waals surface area (Å²) in [5, 5.41) is 2.88. The number of benzene rings is 1. The Labute approximate surface area is 83.3 Å². The van der Waals surface area contributed by atoms with Crippen LogP contribution in [0.3, 0.4) is 0 Å². The first-order chi connectivity index (χ1) is 6.68. The lowest BCUT2D eigenvalue weighted by Gasteiger charge is -2.17. The third kappa shape index (κ3) is 1.51. The van der Waals surface area contributed by atoms with Gasteiger partial charge in [0, 0.05) is 13.0 Å². The first-order valence-electron chi connectivity index (χ1n) is 4.79. The lowest BCUT2D eigenvalue weighted by Crippen LogP contribution is -2.37. The van der Waals surface area contributed by atoms with Crippen molar-refractivity contribution < 1.29 is 4.79 Å². The summed E-state index contributed by atoms with van der Waals surface area (Å²) < 4.78 is 0. The van der Waals surface area contributed by atoms with Crippen LogP contribution in [0.2, 0.25) is 0 Å². The maximum atomic E-state index is 11.0. The molecular formula is C11H14N2O. The van der Waals surface area contributed by atoms with Gasteiger partial charge in [0.2, 0.25) is 5.91 Å². The van der Waals surface area contributed by atoms with Crippen molar-refractivity contribution in [3.63, 3.8) is 0 Å². The van der Waals surface area contributed by atoms with Crippen LogP contribution in [0.5, 0.6) is 0 Å². The van der Waals surface area contributed by atoms with Gasteiger partial charge in [0.15, 0.2) is 0 Å². The third-order valence-electron chi connectivity index (χ3n) is 2.63. The minimum atomic E-state index is -0.0258. The Bertz CT molecular complexity index is 362. The molecule has 0 fully saturated rings. The van der Waals surface area contributed by atoms with Crippen LogP contribution in [-0.4, -0.2) is 11.9 Å². The van der Waals surface area contributed by atoms with Crippen molar-refractivity contribution in [1.82, 2.24) is 5.32 Å². The molecule has 14 heavy (non-hydrogen) atoms. The van der Waals surface area contributed by atoms with Gasteiger partial charge in [-0.15, -0.1) is 0 Å². The Morgan fingerprint density at radius 1 is 1.50 bits per heavy atom. The molecule has 0 bridgehead atoms. The average Bonchev–Trinajstić information content (AvgIpc) is 2.43. The minimum absolute atomic E-state index is 0.0105. The predicted octanol–water partition coefficient (Wildman–Crippen LogP) is 0.747. The Morgan fingerprint density at radius 3 is 2.93 bits per heavy atom. The van der Waals surface area contributed by atoms with Crippen molar-refractivity contribution in [3.05, 3.63) is 35.4 Å². The predicted molar refractivity (Wildman–Crippen MR) is 54.7 cm³/mol. The number of rotatable bonds is 1. The summed E-state index contributed by atoms with van der Waals surface area (Å²) in [5.74, 6) is -0.0258. The number of carbonyl (C=O) groups excluding carboxylic acids is 1. The van der Waals surface area contributed by atoms with E-state index >= 15 is 0 Å². The van der Waals surface area contributed by atoms with Crippen molar-refractivity contribution in [2.24, 2.45) is 5.73 Å². The number of amides is 1. The molecule has 0 aromatic heterocycles. The Balaban J connectivity index is 2.30. The monoisotopic (exact) mass is 190 g/mol. The smallest absolute Gasteiger partial charge is 0.217 e. The molecule has 0 radical (unpaired) electrons. The summed E-state index contributed by atoms with van der Waals surface area (Å²) in [6.07, 6.45) is 0.848. The largest absolute Gasteiger partial charge is 0.348 e. The highest BCUT2D eigenvalue weighted by Gasteiger charge is 2.29. The van der Waals surface area contributed by atoms with Crippen LogP contribution in [0.4, 0.5) is 0 Å². The van der Waals surface area contributed by atoms with E-state index in [1.807, 2.05) is 18.2 Å². The van der Waals surface area contributed by atoms with Gasteiger partial charge in [-0.05, 0) is 17.5 Å². The second-order valence-electron chi connectivity index (χ2n) is 3.74. The minimum Gasteiger partial charge on any atom is -0.348 e. The van der Waals surface area contributed by atoms with Crippen LogP contribution in [0.15, 0.2) is 24.3 Å². The fourth-order valence-electron chi connectivity index (χ4n) is 2.03. The van der Waals surface area contributed by atoms with E-state index in [0.29, 0.717) is 0 Å². The van der Waals surface area contributed by atoms with Crippen molar-refractivity contribution in [2.45, 2.75) is 25.4 Å². The molecule has 0 saturated heterocycles. The number of carbonyl (C=O) groups is 1.